The normalized spacial score (nSPS) is 12.7. The van der Waals surface area contributed by atoms with Crippen molar-refractivity contribution in [3.05, 3.63) is 16.4 Å². The van der Waals surface area contributed by atoms with Crippen molar-refractivity contribution in [1.82, 2.24) is 15.1 Å². The Balaban J connectivity index is 2.47. The van der Waals surface area contributed by atoms with E-state index in [2.05, 4.69) is 10.4 Å². The molecule has 0 saturated heterocycles. The van der Waals surface area contributed by atoms with Crippen LogP contribution < -0.4 is 5.32 Å². The van der Waals surface area contributed by atoms with Crippen LogP contribution in [0.2, 0.25) is 5.02 Å². The second-order valence-electron chi connectivity index (χ2n) is 4.17. The number of halogens is 1. The Labute approximate surface area is 106 Å². The van der Waals surface area contributed by atoms with E-state index < -0.39 is 5.97 Å². The van der Waals surface area contributed by atoms with Crippen LogP contribution in [0.25, 0.3) is 0 Å². The first-order chi connectivity index (χ1) is 7.91. The van der Waals surface area contributed by atoms with E-state index in [1.807, 2.05) is 25.5 Å². The second-order valence-corrected chi connectivity index (χ2v) is 4.54. The first-order valence-corrected chi connectivity index (χ1v) is 5.94. The zero-order valence-electron chi connectivity index (χ0n) is 10.3. The van der Waals surface area contributed by atoms with Gasteiger partial charge in [0.05, 0.1) is 29.4 Å². The number of aromatic nitrogens is 2. The van der Waals surface area contributed by atoms with Crippen molar-refractivity contribution >= 4 is 17.6 Å². The van der Waals surface area contributed by atoms with Gasteiger partial charge in [0.15, 0.2) is 0 Å². The molecule has 5 nitrogen and oxygen atoms in total. The fourth-order valence-electron chi connectivity index (χ4n) is 1.60. The van der Waals surface area contributed by atoms with E-state index in [4.69, 9.17) is 16.7 Å². The van der Waals surface area contributed by atoms with E-state index in [1.54, 1.807) is 0 Å². The molecule has 0 saturated carbocycles. The number of nitrogens with one attached hydrogen (secondary N) is 1. The Morgan fingerprint density at radius 1 is 1.59 bits per heavy atom. The van der Waals surface area contributed by atoms with E-state index in [-0.39, 0.29) is 12.5 Å². The van der Waals surface area contributed by atoms with Crippen molar-refractivity contribution in [2.24, 2.45) is 0 Å². The summed E-state index contributed by atoms with van der Waals surface area (Å²) >= 11 is 6.05. The molecule has 1 aromatic heterocycles. The summed E-state index contributed by atoms with van der Waals surface area (Å²) in [4.78, 5) is 10.4. The van der Waals surface area contributed by atoms with Crippen molar-refractivity contribution in [2.45, 2.75) is 39.8 Å². The zero-order valence-corrected chi connectivity index (χ0v) is 11.1. The van der Waals surface area contributed by atoms with Gasteiger partial charge in [-0.1, -0.05) is 11.6 Å². The lowest BCUT2D eigenvalue weighted by Gasteiger charge is -2.14. The first kappa shape index (κ1) is 14.0. The van der Waals surface area contributed by atoms with Gasteiger partial charge in [-0.3, -0.25) is 9.48 Å². The van der Waals surface area contributed by atoms with E-state index >= 15 is 0 Å². The molecular weight excluding hydrogens is 242 g/mol. The number of aliphatic carboxylic acids is 1. The van der Waals surface area contributed by atoms with E-state index in [1.165, 1.54) is 0 Å². The number of rotatable bonds is 6. The summed E-state index contributed by atoms with van der Waals surface area (Å²) < 4.78 is 1.84. The molecule has 96 valence electrons. The third kappa shape index (κ3) is 4.02. The Morgan fingerprint density at radius 2 is 2.24 bits per heavy atom. The number of hydrogen-bond acceptors (Lipinski definition) is 3. The lowest BCUT2D eigenvalue weighted by Crippen LogP contribution is -2.32. The maximum atomic E-state index is 10.4. The number of hydrogen-bond donors (Lipinski definition) is 2. The lowest BCUT2D eigenvalue weighted by molar-refractivity contribution is -0.136. The molecule has 17 heavy (non-hydrogen) atoms. The molecule has 6 heteroatoms. The summed E-state index contributed by atoms with van der Waals surface area (Å²) in [7, 11) is 0. The maximum absolute atomic E-state index is 10.4. The fraction of sp³-hybridized carbons (Fsp3) is 0.636. The molecule has 1 atom stereocenters. The summed E-state index contributed by atoms with van der Waals surface area (Å²) in [6, 6.07) is 0.156. The minimum Gasteiger partial charge on any atom is -0.481 e. The van der Waals surface area contributed by atoms with Gasteiger partial charge in [0, 0.05) is 12.6 Å². The zero-order chi connectivity index (χ0) is 13.0. The predicted molar refractivity (Wildman–Crippen MR) is 66.4 cm³/mol. The average Bonchev–Trinajstić information content (AvgIpc) is 2.46. The number of aryl methyl sites for hydroxylation is 1. The van der Waals surface area contributed by atoms with Crippen LogP contribution in [0.1, 0.15) is 24.7 Å². The summed E-state index contributed by atoms with van der Waals surface area (Å²) in [6.45, 7) is 6.93. The number of nitrogens with zero attached hydrogens (tertiary/aromatic N) is 2. The quantitative estimate of drug-likeness (QED) is 0.815. The summed E-state index contributed by atoms with van der Waals surface area (Å²) in [5, 5.41) is 16.7. The van der Waals surface area contributed by atoms with Gasteiger partial charge >= 0.3 is 5.97 Å². The molecule has 0 aliphatic heterocycles. The van der Waals surface area contributed by atoms with Gasteiger partial charge in [-0.05, 0) is 20.8 Å². The van der Waals surface area contributed by atoms with Crippen LogP contribution in [-0.4, -0.2) is 33.4 Å². The Kier molecular flexibility index (Phi) is 4.96. The second kappa shape index (κ2) is 6.02. The number of carboxylic acid groups (broad SMARTS) is 1. The van der Waals surface area contributed by atoms with Crippen molar-refractivity contribution in [2.75, 3.05) is 6.54 Å². The summed E-state index contributed by atoms with van der Waals surface area (Å²) in [5.41, 5.74) is 1.76. The van der Waals surface area contributed by atoms with Gasteiger partial charge < -0.3 is 10.4 Å². The first-order valence-electron chi connectivity index (χ1n) is 5.56. The van der Waals surface area contributed by atoms with Crippen molar-refractivity contribution in [3.63, 3.8) is 0 Å². The molecule has 0 aliphatic rings. The molecule has 0 bridgehead atoms. The highest BCUT2D eigenvalue weighted by Crippen LogP contribution is 2.18. The molecule has 0 fully saturated rings. The van der Waals surface area contributed by atoms with Crippen LogP contribution in [0.4, 0.5) is 0 Å². The summed E-state index contributed by atoms with van der Waals surface area (Å²) in [6.07, 6.45) is 0.127. The lowest BCUT2D eigenvalue weighted by atomic mass is 10.3. The topological polar surface area (TPSA) is 67.2 Å². The smallest absolute Gasteiger partial charge is 0.304 e. The van der Waals surface area contributed by atoms with Gasteiger partial charge in [-0.15, -0.1) is 0 Å². The van der Waals surface area contributed by atoms with E-state index in [9.17, 15) is 4.79 Å². The van der Waals surface area contributed by atoms with Gasteiger partial charge in [0.1, 0.15) is 0 Å². The Hall–Kier alpha value is -1.07. The molecule has 0 aliphatic carbocycles. The minimum atomic E-state index is -0.793. The highest BCUT2D eigenvalue weighted by Gasteiger charge is 2.11. The molecule has 1 heterocycles. The molecule has 0 radical (unpaired) electrons. The van der Waals surface area contributed by atoms with Crippen LogP contribution in [0.3, 0.4) is 0 Å². The van der Waals surface area contributed by atoms with Crippen molar-refractivity contribution < 1.29 is 9.90 Å². The third-order valence-electron chi connectivity index (χ3n) is 2.57. The standard InChI is InChI=1S/C11H18ClN3O2/c1-7(13-5-4-10(16)17)6-15-9(3)11(12)8(2)14-15/h7,13H,4-6H2,1-3H3,(H,16,17). The monoisotopic (exact) mass is 259 g/mol. The fourth-order valence-corrected chi connectivity index (χ4v) is 1.74. The maximum Gasteiger partial charge on any atom is 0.304 e. The highest BCUT2D eigenvalue weighted by molar-refractivity contribution is 6.31. The van der Waals surface area contributed by atoms with Crippen LogP contribution in [-0.2, 0) is 11.3 Å². The Bertz CT molecular complexity index is 404. The molecule has 1 aromatic rings. The molecule has 2 N–H and O–H groups in total. The predicted octanol–water partition coefficient (Wildman–Crippen LogP) is 1.61. The molecule has 0 aromatic carbocycles. The van der Waals surface area contributed by atoms with Gasteiger partial charge in [-0.25, -0.2) is 0 Å². The molecule has 1 rings (SSSR count). The van der Waals surface area contributed by atoms with Gasteiger partial charge in [0.25, 0.3) is 0 Å². The number of carbonyl (C=O) groups is 1. The van der Waals surface area contributed by atoms with Crippen LogP contribution in [0.15, 0.2) is 0 Å². The van der Waals surface area contributed by atoms with Crippen LogP contribution in [0, 0.1) is 13.8 Å². The van der Waals surface area contributed by atoms with Crippen molar-refractivity contribution in [1.29, 1.82) is 0 Å². The van der Waals surface area contributed by atoms with Gasteiger partial charge in [-0.2, -0.15) is 5.10 Å². The Morgan fingerprint density at radius 3 is 2.71 bits per heavy atom. The van der Waals surface area contributed by atoms with Crippen molar-refractivity contribution in [3.8, 4) is 0 Å². The SMILES string of the molecule is Cc1nn(CC(C)NCCC(=O)O)c(C)c1Cl. The average molecular weight is 260 g/mol. The largest absolute Gasteiger partial charge is 0.481 e. The van der Waals surface area contributed by atoms with Crippen LogP contribution >= 0.6 is 11.6 Å². The molecule has 0 amide bonds. The summed E-state index contributed by atoms with van der Waals surface area (Å²) in [5.74, 6) is -0.793. The van der Waals surface area contributed by atoms with Gasteiger partial charge in [0.2, 0.25) is 0 Å². The van der Waals surface area contributed by atoms with E-state index in [0.29, 0.717) is 18.1 Å². The molecular formula is C11H18ClN3O2. The minimum absolute atomic E-state index is 0.127. The van der Waals surface area contributed by atoms with E-state index in [0.717, 1.165) is 11.4 Å². The molecule has 1 unspecified atom stereocenters. The highest BCUT2D eigenvalue weighted by atomic mass is 35.5. The molecule has 0 spiro atoms. The third-order valence-corrected chi connectivity index (χ3v) is 3.12. The van der Waals surface area contributed by atoms with Crippen LogP contribution in [0.5, 0.6) is 0 Å². The number of carboxylic acids is 1.